The van der Waals surface area contributed by atoms with Gasteiger partial charge in [-0.2, -0.15) is 0 Å². The number of hydrogen-bond donors (Lipinski definition) is 1. The Morgan fingerprint density at radius 1 is 1.35 bits per heavy atom. The zero-order valence-electron chi connectivity index (χ0n) is 10.5. The molecule has 0 aliphatic carbocycles. The number of unbranched alkanes of at least 4 members (excludes halogenated alkanes) is 3. The van der Waals surface area contributed by atoms with Crippen molar-refractivity contribution in [3.63, 3.8) is 0 Å². The highest BCUT2D eigenvalue weighted by atomic mass is 16.1. The molecule has 0 amide bonds. The van der Waals surface area contributed by atoms with Crippen LogP contribution in [0.15, 0.2) is 30.9 Å². The number of carbonyl (C=O) groups is 1. The van der Waals surface area contributed by atoms with E-state index in [4.69, 9.17) is 5.73 Å². The SMILES string of the molecule is C=CCCCCCC(=O)c1cccc(N)c1C. The first-order valence-corrected chi connectivity index (χ1v) is 6.16. The van der Waals surface area contributed by atoms with Crippen LogP contribution in [0.5, 0.6) is 0 Å². The van der Waals surface area contributed by atoms with Crippen LogP contribution >= 0.6 is 0 Å². The Bertz CT molecular complexity index is 396. The number of rotatable bonds is 7. The molecule has 2 N–H and O–H groups in total. The zero-order valence-corrected chi connectivity index (χ0v) is 10.5. The molecular formula is C15H21NO. The molecule has 0 heterocycles. The van der Waals surface area contributed by atoms with Crippen LogP contribution in [0.25, 0.3) is 0 Å². The maximum atomic E-state index is 12.0. The minimum absolute atomic E-state index is 0.202. The number of carbonyl (C=O) groups excluding carboxylic acids is 1. The molecule has 0 saturated carbocycles. The summed E-state index contributed by atoms with van der Waals surface area (Å²) < 4.78 is 0. The van der Waals surface area contributed by atoms with Gasteiger partial charge in [-0.25, -0.2) is 0 Å². The van der Waals surface area contributed by atoms with Gasteiger partial charge in [0.2, 0.25) is 0 Å². The zero-order chi connectivity index (χ0) is 12.7. The van der Waals surface area contributed by atoms with E-state index < -0.39 is 0 Å². The molecule has 2 nitrogen and oxygen atoms in total. The summed E-state index contributed by atoms with van der Waals surface area (Å²) in [5.74, 6) is 0.202. The largest absolute Gasteiger partial charge is 0.398 e. The summed E-state index contributed by atoms with van der Waals surface area (Å²) in [7, 11) is 0. The molecule has 92 valence electrons. The fourth-order valence-corrected chi connectivity index (χ4v) is 1.84. The average Bonchev–Trinajstić information content (AvgIpc) is 2.32. The van der Waals surface area contributed by atoms with Gasteiger partial charge in [0.05, 0.1) is 0 Å². The molecule has 0 spiro atoms. The van der Waals surface area contributed by atoms with Crippen LogP contribution in [-0.4, -0.2) is 5.78 Å². The number of nitrogens with two attached hydrogens (primary N) is 1. The summed E-state index contributed by atoms with van der Waals surface area (Å²) in [6.45, 7) is 5.58. The highest BCUT2D eigenvalue weighted by Gasteiger charge is 2.09. The van der Waals surface area contributed by atoms with Crippen molar-refractivity contribution in [1.29, 1.82) is 0 Å². The molecule has 0 aromatic heterocycles. The van der Waals surface area contributed by atoms with E-state index in [1.54, 1.807) is 0 Å². The molecule has 0 fully saturated rings. The van der Waals surface area contributed by atoms with Crippen molar-refractivity contribution in [1.82, 2.24) is 0 Å². The van der Waals surface area contributed by atoms with Crippen molar-refractivity contribution in [3.8, 4) is 0 Å². The predicted octanol–water partition coefficient (Wildman–Crippen LogP) is 3.90. The van der Waals surface area contributed by atoms with E-state index >= 15 is 0 Å². The Labute approximate surface area is 104 Å². The van der Waals surface area contributed by atoms with Gasteiger partial charge in [0.25, 0.3) is 0 Å². The minimum Gasteiger partial charge on any atom is -0.398 e. The Morgan fingerprint density at radius 3 is 2.82 bits per heavy atom. The molecule has 0 radical (unpaired) electrons. The number of benzene rings is 1. The molecule has 2 heteroatoms. The third-order valence-corrected chi connectivity index (χ3v) is 2.99. The lowest BCUT2D eigenvalue weighted by Gasteiger charge is -2.07. The Kier molecular flexibility index (Phi) is 5.47. The van der Waals surface area contributed by atoms with E-state index in [1.807, 2.05) is 31.2 Å². The van der Waals surface area contributed by atoms with E-state index in [9.17, 15) is 4.79 Å². The smallest absolute Gasteiger partial charge is 0.163 e. The first-order valence-electron chi connectivity index (χ1n) is 6.16. The van der Waals surface area contributed by atoms with Gasteiger partial charge in [-0.05, 0) is 37.8 Å². The number of Topliss-reactive ketones (excluding diaryl/α,β-unsaturated/α-hetero) is 1. The first kappa shape index (κ1) is 13.5. The molecule has 0 aliphatic rings. The van der Waals surface area contributed by atoms with Gasteiger partial charge >= 0.3 is 0 Å². The highest BCUT2D eigenvalue weighted by Crippen LogP contribution is 2.18. The molecule has 0 bridgehead atoms. The molecular weight excluding hydrogens is 210 g/mol. The van der Waals surface area contributed by atoms with Crippen molar-refractivity contribution < 1.29 is 4.79 Å². The van der Waals surface area contributed by atoms with Gasteiger partial charge < -0.3 is 5.73 Å². The number of nitrogen functional groups attached to an aromatic ring is 1. The van der Waals surface area contributed by atoms with Gasteiger partial charge in [0.1, 0.15) is 0 Å². The monoisotopic (exact) mass is 231 g/mol. The molecule has 0 saturated heterocycles. The highest BCUT2D eigenvalue weighted by molar-refractivity contribution is 5.98. The van der Waals surface area contributed by atoms with E-state index in [2.05, 4.69) is 6.58 Å². The van der Waals surface area contributed by atoms with E-state index in [1.165, 1.54) is 0 Å². The number of allylic oxidation sites excluding steroid dienone is 1. The van der Waals surface area contributed by atoms with Crippen LogP contribution in [0.2, 0.25) is 0 Å². The summed E-state index contributed by atoms with van der Waals surface area (Å²) in [5, 5.41) is 0. The molecule has 0 unspecified atom stereocenters. The van der Waals surface area contributed by atoms with E-state index in [-0.39, 0.29) is 5.78 Å². The normalized spacial score (nSPS) is 10.2. The third kappa shape index (κ3) is 4.06. The topological polar surface area (TPSA) is 43.1 Å². The number of hydrogen-bond acceptors (Lipinski definition) is 2. The molecule has 17 heavy (non-hydrogen) atoms. The second-order valence-electron chi connectivity index (χ2n) is 4.33. The van der Waals surface area contributed by atoms with Crippen molar-refractivity contribution in [2.24, 2.45) is 0 Å². The minimum atomic E-state index is 0.202. The van der Waals surface area contributed by atoms with E-state index in [0.29, 0.717) is 12.1 Å². The third-order valence-electron chi connectivity index (χ3n) is 2.99. The van der Waals surface area contributed by atoms with Crippen LogP contribution in [0, 0.1) is 6.92 Å². The quantitative estimate of drug-likeness (QED) is 0.335. The van der Waals surface area contributed by atoms with Crippen LogP contribution < -0.4 is 5.73 Å². The second-order valence-corrected chi connectivity index (χ2v) is 4.33. The van der Waals surface area contributed by atoms with Crippen LogP contribution in [0.4, 0.5) is 5.69 Å². The fourth-order valence-electron chi connectivity index (χ4n) is 1.84. The number of anilines is 1. The van der Waals surface area contributed by atoms with Crippen LogP contribution in [0.1, 0.15) is 48.0 Å². The maximum absolute atomic E-state index is 12.0. The Morgan fingerprint density at radius 2 is 2.12 bits per heavy atom. The van der Waals surface area contributed by atoms with Gasteiger partial charge in [-0.3, -0.25) is 4.79 Å². The van der Waals surface area contributed by atoms with Crippen molar-refractivity contribution >= 4 is 11.5 Å². The van der Waals surface area contributed by atoms with E-state index in [0.717, 1.165) is 36.8 Å². The standard InChI is InChI=1S/C15H21NO/c1-3-4-5-6-7-11-15(17)13-9-8-10-14(16)12(13)2/h3,8-10H,1,4-7,11,16H2,2H3. The summed E-state index contributed by atoms with van der Waals surface area (Å²) in [6, 6.07) is 5.53. The lowest BCUT2D eigenvalue weighted by Crippen LogP contribution is -2.03. The second kappa shape index (κ2) is 6.89. The van der Waals surface area contributed by atoms with Crippen molar-refractivity contribution in [2.45, 2.75) is 39.0 Å². The maximum Gasteiger partial charge on any atom is 0.163 e. The predicted molar refractivity (Wildman–Crippen MR) is 73.2 cm³/mol. The Hall–Kier alpha value is -1.57. The van der Waals surface area contributed by atoms with Crippen molar-refractivity contribution in [3.05, 3.63) is 42.0 Å². The summed E-state index contributed by atoms with van der Waals surface area (Å²) in [5.41, 5.74) is 8.16. The summed E-state index contributed by atoms with van der Waals surface area (Å²) >= 11 is 0. The Balaban J connectivity index is 2.47. The van der Waals surface area contributed by atoms with Gasteiger partial charge in [-0.1, -0.05) is 24.6 Å². The average molecular weight is 231 g/mol. The molecule has 1 aromatic carbocycles. The van der Waals surface area contributed by atoms with Gasteiger partial charge in [0, 0.05) is 17.7 Å². The summed E-state index contributed by atoms with van der Waals surface area (Å²) in [4.78, 5) is 12.0. The summed E-state index contributed by atoms with van der Waals surface area (Å²) in [6.07, 6.45) is 6.71. The van der Waals surface area contributed by atoms with Gasteiger partial charge in [-0.15, -0.1) is 6.58 Å². The molecule has 1 rings (SSSR count). The van der Waals surface area contributed by atoms with Gasteiger partial charge in [0.15, 0.2) is 5.78 Å². The number of ketones is 1. The van der Waals surface area contributed by atoms with Crippen LogP contribution in [0.3, 0.4) is 0 Å². The molecule has 0 aliphatic heterocycles. The fraction of sp³-hybridized carbons (Fsp3) is 0.400. The lowest BCUT2D eigenvalue weighted by molar-refractivity contribution is 0.0978. The lowest BCUT2D eigenvalue weighted by atomic mass is 9.99. The molecule has 0 atom stereocenters. The van der Waals surface area contributed by atoms with Crippen molar-refractivity contribution in [2.75, 3.05) is 5.73 Å². The first-order chi connectivity index (χ1) is 8.16. The molecule has 1 aromatic rings. The van der Waals surface area contributed by atoms with Crippen LogP contribution in [-0.2, 0) is 0 Å².